The fourth-order valence-corrected chi connectivity index (χ4v) is 2.67. The van der Waals surface area contributed by atoms with E-state index < -0.39 is 29.1 Å². The zero-order valence-corrected chi connectivity index (χ0v) is 16.8. The highest BCUT2D eigenvalue weighted by Gasteiger charge is 2.30. The van der Waals surface area contributed by atoms with Gasteiger partial charge in [-0.2, -0.15) is 13.2 Å². The van der Waals surface area contributed by atoms with Crippen LogP contribution in [0.1, 0.15) is 21.7 Å². The van der Waals surface area contributed by atoms with E-state index in [0.717, 1.165) is 17.7 Å². The Labute approximate surface area is 183 Å². The van der Waals surface area contributed by atoms with E-state index in [9.17, 15) is 27.6 Å². The van der Waals surface area contributed by atoms with Crippen LogP contribution in [0.25, 0.3) is 10.9 Å². The van der Waals surface area contributed by atoms with Crippen molar-refractivity contribution in [1.82, 2.24) is 9.97 Å². The third kappa shape index (κ3) is 5.53. The fourth-order valence-electron chi connectivity index (χ4n) is 2.67. The van der Waals surface area contributed by atoms with E-state index in [1.54, 1.807) is 0 Å². The lowest BCUT2D eigenvalue weighted by atomic mass is 10.1. The number of ether oxygens (including phenoxy) is 1. The van der Waals surface area contributed by atoms with Crippen LogP contribution in [0, 0.1) is 0 Å². The van der Waals surface area contributed by atoms with Crippen molar-refractivity contribution >= 4 is 40.9 Å². The number of hydrogen-bond acceptors (Lipinski definition) is 6. The molecule has 1 aliphatic heterocycles. The van der Waals surface area contributed by atoms with Gasteiger partial charge in [0.1, 0.15) is 5.75 Å². The van der Waals surface area contributed by atoms with Crippen molar-refractivity contribution in [2.24, 2.45) is 5.73 Å². The summed E-state index contributed by atoms with van der Waals surface area (Å²) in [6.07, 6.45) is -4.58. The number of hydrogen-bond donors (Lipinski definition) is 4. The molecule has 2 aromatic carbocycles. The number of aromatic carboxylic acids is 1. The number of carboxylic acids is 1. The summed E-state index contributed by atoms with van der Waals surface area (Å²) in [5, 5.41) is 11.0. The largest absolute Gasteiger partial charge is 0.482 e. The fraction of sp³-hybridized carbons (Fsp3) is 0.158. The van der Waals surface area contributed by atoms with Gasteiger partial charge in [0.25, 0.3) is 11.5 Å². The van der Waals surface area contributed by atoms with Gasteiger partial charge in [-0.1, -0.05) is 6.07 Å². The van der Waals surface area contributed by atoms with Crippen molar-refractivity contribution < 1.29 is 32.6 Å². The SMILES string of the molecule is Cl.NCc1ccc2c(c1)NC(=O)CO2.O=C(O)c1nc2ccc(C(F)(F)F)cc2c(=O)[nH]1. The van der Waals surface area contributed by atoms with E-state index >= 15 is 0 Å². The molecular weight excluding hydrogens is 457 g/mol. The van der Waals surface area contributed by atoms with Crippen molar-refractivity contribution in [1.29, 1.82) is 0 Å². The highest BCUT2D eigenvalue weighted by atomic mass is 35.5. The molecule has 32 heavy (non-hydrogen) atoms. The maximum atomic E-state index is 12.4. The molecule has 0 spiro atoms. The van der Waals surface area contributed by atoms with Crippen LogP contribution >= 0.6 is 12.4 Å². The molecule has 1 amide bonds. The Balaban J connectivity index is 0.000000230. The molecule has 5 N–H and O–H groups in total. The average molecular weight is 473 g/mol. The van der Waals surface area contributed by atoms with E-state index in [0.29, 0.717) is 24.0 Å². The van der Waals surface area contributed by atoms with Gasteiger partial charge in [-0.15, -0.1) is 12.4 Å². The third-order valence-corrected chi connectivity index (χ3v) is 4.15. The number of nitrogens with one attached hydrogen (secondary N) is 2. The topological polar surface area (TPSA) is 147 Å². The number of carboxylic acid groups (broad SMARTS) is 1. The van der Waals surface area contributed by atoms with Crippen LogP contribution in [0.15, 0.2) is 41.2 Å². The molecule has 1 aliphatic rings. The van der Waals surface area contributed by atoms with Crippen LogP contribution in [0.2, 0.25) is 0 Å². The van der Waals surface area contributed by atoms with Crippen molar-refractivity contribution in [3.05, 3.63) is 63.7 Å². The second-order valence-corrected chi connectivity index (χ2v) is 6.32. The Morgan fingerprint density at radius 2 is 1.91 bits per heavy atom. The Hall–Kier alpha value is -3.64. The summed E-state index contributed by atoms with van der Waals surface area (Å²) in [6.45, 7) is 0.554. The Morgan fingerprint density at radius 1 is 1.19 bits per heavy atom. The molecule has 170 valence electrons. The number of rotatable bonds is 2. The number of H-pyrrole nitrogens is 1. The lowest BCUT2D eigenvalue weighted by molar-refractivity contribution is -0.137. The van der Waals surface area contributed by atoms with Gasteiger partial charge in [0.05, 0.1) is 22.2 Å². The smallest absolute Gasteiger partial charge is 0.416 e. The van der Waals surface area contributed by atoms with E-state index in [4.69, 9.17) is 15.6 Å². The summed E-state index contributed by atoms with van der Waals surface area (Å²) in [5.74, 6) is -1.50. The zero-order valence-electron chi connectivity index (χ0n) is 16.0. The van der Waals surface area contributed by atoms with Gasteiger partial charge in [-0.3, -0.25) is 9.59 Å². The number of aromatic amines is 1. The number of aromatic nitrogens is 2. The van der Waals surface area contributed by atoms with E-state index in [2.05, 4.69) is 10.3 Å². The van der Waals surface area contributed by atoms with Crippen LogP contribution in [0.3, 0.4) is 0 Å². The van der Waals surface area contributed by atoms with Crippen LogP contribution < -0.4 is 21.3 Å². The van der Waals surface area contributed by atoms with Gasteiger partial charge >= 0.3 is 12.1 Å². The molecule has 9 nitrogen and oxygen atoms in total. The minimum Gasteiger partial charge on any atom is -0.482 e. The van der Waals surface area contributed by atoms with Crippen molar-refractivity contribution in [2.45, 2.75) is 12.7 Å². The molecule has 0 unspecified atom stereocenters. The lowest BCUT2D eigenvalue weighted by Gasteiger charge is -2.18. The average Bonchev–Trinajstić information content (AvgIpc) is 2.72. The lowest BCUT2D eigenvalue weighted by Crippen LogP contribution is -2.25. The van der Waals surface area contributed by atoms with Crippen molar-refractivity contribution in [2.75, 3.05) is 11.9 Å². The van der Waals surface area contributed by atoms with Crippen LogP contribution in [0.5, 0.6) is 5.75 Å². The number of carbonyl (C=O) groups is 2. The number of fused-ring (bicyclic) bond motifs is 2. The summed E-state index contributed by atoms with van der Waals surface area (Å²) < 4.78 is 42.5. The van der Waals surface area contributed by atoms with Crippen LogP contribution in [-0.2, 0) is 17.5 Å². The summed E-state index contributed by atoms with van der Waals surface area (Å²) in [6, 6.07) is 7.85. The number of carbonyl (C=O) groups excluding carboxylic acids is 1. The predicted octanol–water partition coefficient (Wildman–Crippen LogP) is 2.54. The van der Waals surface area contributed by atoms with Gasteiger partial charge in [0.2, 0.25) is 5.82 Å². The molecule has 0 radical (unpaired) electrons. The van der Waals surface area contributed by atoms with Crippen molar-refractivity contribution in [3.63, 3.8) is 0 Å². The van der Waals surface area contributed by atoms with Gasteiger partial charge in [-0.25, -0.2) is 9.78 Å². The summed E-state index contributed by atoms with van der Waals surface area (Å²) >= 11 is 0. The Morgan fingerprint density at radius 3 is 2.53 bits per heavy atom. The molecule has 1 aromatic heterocycles. The van der Waals surface area contributed by atoms with Crippen molar-refractivity contribution in [3.8, 4) is 5.75 Å². The molecule has 0 atom stereocenters. The molecule has 13 heteroatoms. The Bertz CT molecular complexity index is 1230. The number of halogens is 4. The van der Waals surface area contributed by atoms with E-state index in [1.807, 2.05) is 23.2 Å². The highest BCUT2D eigenvalue weighted by molar-refractivity contribution is 5.95. The quantitative estimate of drug-likeness (QED) is 0.448. The molecular formula is C19H16ClF3N4O5. The second-order valence-electron chi connectivity index (χ2n) is 6.32. The minimum absolute atomic E-state index is 0. The van der Waals surface area contributed by atoms with Crippen LogP contribution in [-0.4, -0.2) is 33.6 Å². The Kier molecular flexibility index (Phi) is 7.44. The molecule has 4 rings (SSSR count). The van der Waals surface area contributed by atoms with E-state index in [-0.39, 0.29) is 35.8 Å². The normalized spacial score (nSPS) is 12.4. The number of anilines is 1. The first-order valence-corrected chi connectivity index (χ1v) is 8.68. The molecule has 0 fully saturated rings. The number of nitrogens with two attached hydrogens (primary N) is 1. The molecule has 0 bridgehead atoms. The highest BCUT2D eigenvalue weighted by Crippen LogP contribution is 2.30. The van der Waals surface area contributed by atoms with Gasteiger partial charge in [0, 0.05) is 6.54 Å². The molecule has 0 saturated carbocycles. The maximum Gasteiger partial charge on any atom is 0.416 e. The maximum absolute atomic E-state index is 12.4. The number of amides is 1. The minimum atomic E-state index is -4.58. The molecule has 3 aromatic rings. The van der Waals surface area contributed by atoms with Gasteiger partial charge in [-0.05, 0) is 35.9 Å². The van der Waals surface area contributed by atoms with Gasteiger partial charge < -0.3 is 25.9 Å². The standard InChI is InChI=1S/C10H5F3N2O3.C9H10N2O2.ClH/c11-10(12,13)4-1-2-6-5(3-4)8(16)15-7(14-6)9(17)18;10-4-6-1-2-8-7(3-6)11-9(12)5-13-8;/h1-3H,(H,17,18)(H,14,15,16);1-3H,4-5,10H2,(H,11,12);1H. The number of alkyl halides is 3. The second kappa shape index (κ2) is 9.66. The van der Waals surface area contributed by atoms with E-state index in [1.165, 1.54) is 0 Å². The third-order valence-electron chi connectivity index (χ3n) is 4.15. The monoisotopic (exact) mass is 472 g/mol. The first kappa shape index (κ1) is 24.6. The first-order chi connectivity index (χ1) is 14.6. The van der Waals surface area contributed by atoms with Crippen LogP contribution in [0.4, 0.5) is 18.9 Å². The molecule has 0 aliphatic carbocycles. The zero-order chi connectivity index (χ0) is 22.8. The van der Waals surface area contributed by atoms with Gasteiger partial charge in [0.15, 0.2) is 6.61 Å². The summed E-state index contributed by atoms with van der Waals surface area (Å²) in [4.78, 5) is 38.5. The molecule has 0 saturated heterocycles. The predicted molar refractivity (Wildman–Crippen MR) is 110 cm³/mol. The number of nitrogens with zero attached hydrogens (tertiary/aromatic N) is 1. The summed E-state index contributed by atoms with van der Waals surface area (Å²) in [7, 11) is 0. The molecule has 2 heterocycles. The first-order valence-electron chi connectivity index (χ1n) is 8.68. The number of benzene rings is 2. The summed E-state index contributed by atoms with van der Waals surface area (Å²) in [5.41, 5.74) is 5.12.